The summed E-state index contributed by atoms with van der Waals surface area (Å²) in [5.41, 5.74) is 0.621. The quantitative estimate of drug-likeness (QED) is 0.344. The van der Waals surface area contributed by atoms with Crippen molar-refractivity contribution in [2.24, 2.45) is 11.8 Å². The average molecular weight is 530 g/mol. The molecule has 0 unspecified atom stereocenters. The molecule has 3 aromatic rings. The Hall–Kier alpha value is -4.42. The van der Waals surface area contributed by atoms with E-state index in [2.05, 4.69) is 25.4 Å². The van der Waals surface area contributed by atoms with E-state index in [0.29, 0.717) is 11.3 Å². The number of benzene rings is 1. The highest BCUT2D eigenvalue weighted by molar-refractivity contribution is 5.97. The van der Waals surface area contributed by atoms with Crippen LogP contribution in [0.15, 0.2) is 34.9 Å². The first kappa shape index (κ1) is 28.2. The second-order valence-corrected chi connectivity index (χ2v) is 8.73. The maximum atomic E-state index is 13.4. The zero-order valence-corrected chi connectivity index (χ0v) is 21.6. The minimum atomic E-state index is -1.02. The first-order valence-corrected chi connectivity index (χ1v) is 11.7. The number of amides is 1. The lowest BCUT2D eigenvalue weighted by Crippen LogP contribution is -2.45. The summed E-state index contributed by atoms with van der Waals surface area (Å²) >= 11 is 0. The molecule has 2 heterocycles. The largest absolute Gasteiger partial charge is 0.467 e. The van der Waals surface area contributed by atoms with Crippen LogP contribution in [0, 0.1) is 24.6 Å². The van der Waals surface area contributed by atoms with Crippen molar-refractivity contribution in [3.05, 3.63) is 53.2 Å². The zero-order valence-electron chi connectivity index (χ0n) is 21.6. The number of ether oxygens (including phenoxy) is 3. The van der Waals surface area contributed by atoms with Gasteiger partial charge in [0.25, 0.3) is 5.91 Å². The van der Waals surface area contributed by atoms with Gasteiger partial charge < -0.3 is 24.1 Å². The van der Waals surface area contributed by atoms with Gasteiger partial charge in [-0.2, -0.15) is 0 Å². The molecule has 202 valence electrons. The monoisotopic (exact) mass is 529 g/mol. The number of hydrogen-bond donors (Lipinski definition) is 1. The highest BCUT2D eigenvalue weighted by Gasteiger charge is 2.32. The standard InChI is InChI=1S/C25H28FN5O7/c1-13(2)20(27-21(33)18-10-14(3)38-31-18)19(32)12-16(11-15-6-8-17(26)9-7-15)22(34)37-25-29-23(35-4)28-24(30-25)36-5/h6-10,13,16,20H,11-12H2,1-5H3,(H,27,33)/t16-,20+/m1/s1. The van der Waals surface area contributed by atoms with Gasteiger partial charge in [-0.15, -0.1) is 15.0 Å². The van der Waals surface area contributed by atoms with E-state index in [1.54, 1.807) is 20.8 Å². The Kier molecular flexibility index (Phi) is 9.41. The molecule has 38 heavy (non-hydrogen) atoms. The van der Waals surface area contributed by atoms with Gasteiger partial charge >= 0.3 is 24.0 Å². The highest BCUT2D eigenvalue weighted by atomic mass is 19.1. The Morgan fingerprint density at radius 2 is 1.61 bits per heavy atom. The molecule has 3 rings (SSSR count). The maximum absolute atomic E-state index is 13.4. The van der Waals surface area contributed by atoms with Gasteiger partial charge in [0.2, 0.25) is 0 Å². The van der Waals surface area contributed by atoms with Crippen molar-refractivity contribution in [1.29, 1.82) is 0 Å². The molecule has 0 aliphatic carbocycles. The molecule has 0 fully saturated rings. The molecule has 0 bridgehead atoms. The third-order valence-electron chi connectivity index (χ3n) is 5.47. The molecule has 2 atom stereocenters. The van der Waals surface area contributed by atoms with Crippen molar-refractivity contribution < 1.29 is 37.5 Å². The second kappa shape index (κ2) is 12.7. The molecule has 1 aromatic carbocycles. The molecule has 0 saturated carbocycles. The van der Waals surface area contributed by atoms with Gasteiger partial charge in [-0.25, -0.2) is 4.39 Å². The van der Waals surface area contributed by atoms with Crippen molar-refractivity contribution in [3.8, 4) is 18.0 Å². The van der Waals surface area contributed by atoms with Crippen molar-refractivity contribution in [2.75, 3.05) is 14.2 Å². The summed E-state index contributed by atoms with van der Waals surface area (Å²) in [6.07, 6.45) is -0.248. The molecule has 0 spiro atoms. The Bertz CT molecular complexity index is 1260. The number of nitrogens with zero attached hydrogens (tertiary/aromatic N) is 4. The molecule has 1 amide bonds. The predicted octanol–water partition coefficient (Wildman–Crippen LogP) is 2.50. The number of hydrogen-bond acceptors (Lipinski definition) is 11. The van der Waals surface area contributed by atoms with Gasteiger partial charge in [0, 0.05) is 12.5 Å². The normalized spacial score (nSPS) is 12.5. The smallest absolute Gasteiger partial charge is 0.333 e. The summed E-state index contributed by atoms with van der Waals surface area (Å²) in [6.45, 7) is 5.15. The number of carbonyl (C=O) groups excluding carboxylic acids is 3. The molecule has 1 N–H and O–H groups in total. The number of Topliss-reactive ketones (excluding diaryl/α,β-unsaturated/α-hetero) is 1. The van der Waals surface area contributed by atoms with Crippen LogP contribution in [0.4, 0.5) is 4.39 Å². The molecule has 0 radical (unpaired) electrons. The molecule has 13 heteroatoms. The van der Waals surface area contributed by atoms with Crippen LogP contribution >= 0.6 is 0 Å². The summed E-state index contributed by atoms with van der Waals surface area (Å²) in [6, 6.07) is 5.35. The van der Waals surface area contributed by atoms with Crippen molar-refractivity contribution in [3.63, 3.8) is 0 Å². The number of ketones is 1. The summed E-state index contributed by atoms with van der Waals surface area (Å²) in [7, 11) is 2.63. The van der Waals surface area contributed by atoms with Crippen LogP contribution in [0.1, 0.15) is 42.1 Å². The van der Waals surface area contributed by atoms with E-state index in [1.165, 1.54) is 44.6 Å². The Morgan fingerprint density at radius 1 is 1.00 bits per heavy atom. The van der Waals surface area contributed by atoms with Crippen LogP contribution in [0.2, 0.25) is 0 Å². The van der Waals surface area contributed by atoms with Gasteiger partial charge in [-0.3, -0.25) is 14.4 Å². The van der Waals surface area contributed by atoms with Crippen LogP contribution in [-0.4, -0.2) is 58.0 Å². The number of methoxy groups -OCH3 is 2. The highest BCUT2D eigenvalue weighted by Crippen LogP contribution is 2.21. The second-order valence-electron chi connectivity index (χ2n) is 8.73. The lowest BCUT2D eigenvalue weighted by molar-refractivity contribution is -0.142. The van der Waals surface area contributed by atoms with E-state index in [4.69, 9.17) is 18.7 Å². The molecular formula is C25H28FN5O7. The van der Waals surface area contributed by atoms with Gasteiger partial charge in [0.1, 0.15) is 11.6 Å². The summed E-state index contributed by atoms with van der Waals surface area (Å²) in [5, 5.41) is 6.33. The average Bonchev–Trinajstić information content (AvgIpc) is 3.33. The number of nitrogens with one attached hydrogen (secondary N) is 1. The topological polar surface area (TPSA) is 156 Å². The number of aryl methyl sites for hydroxylation is 1. The van der Waals surface area contributed by atoms with E-state index in [0.717, 1.165) is 0 Å². The minimum absolute atomic E-state index is 0.0287. The fraction of sp³-hybridized carbons (Fsp3) is 0.400. The minimum Gasteiger partial charge on any atom is -0.467 e. The molecule has 12 nitrogen and oxygen atoms in total. The fourth-order valence-corrected chi connectivity index (χ4v) is 3.54. The van der Waals surface area contributed by atoms with E-state index in [-0.39, 0.29) is 42.5 Å². The van der Waals surface area contributed by atoms with Crippen LogP contribution in [0.25, 0.3) is 0 Å². The van der Waals surface area contributed by atoms with Gasteiger partial charge in [0.05, 0.1) is 26.2 Å². The lowest BCUT2D eigenvalue weighted by atomic mass is 9.89. The third kappa shape index (κ3) is 7.54. The fourth-order valence-electron chi connectivity index (χ4n) is 3.54. The Labute approximate surface area is 217 Å². The van der Waals surface area contributed by atoms with Crippen molar-refractivity contribution in [1.82, 2.24) is 25.4 Å². The van der Waals surface area contributed by atoms with Gasteiger partial charge in [-0.05, 0) is 37.0 Å². The van der Waals surface area contributed by atoms with E-state index in [9.17, 15) is 18.8 Å². The molecule has 2 aromatic heterocycles. The molecular weight excluding hydrogens is 501 g/mol. The molecule has 0 aliphatic heterocycles. The van der Waals surface area contributed by atoms with Crippen LogP contribution in [0.5, 0.6) is 18.0 Å². The van der Waals surface area contributed by atoms with Crippen molar-refractivity contribution >= 4 is 17.7 Å². The van der Waals surface area contributed by atoms with E-state index >= 15 is 0 Å². The van der Waals surface area contributed by atoms with E-state index in [1.807, 2.05) is 0 Å². The van der Waals surface area contributed by atoms with Crippen LogP contribution < -0.4 is 19.5 Å². The Morgan fingerprint density at radius 3 is 2.13 bits per heavy atom. The zero-order chi connectivity index (χ0) is 27.8. The SMILES string of the molecule is COc1nc(OC)nc(OC(=O)[C@@H](CC(=O)[C@@H](NC(=O)c2cc(C)on2)C(C)C)Cc2ccc(F)cc2)n1. The number of halogens is 1. The predicted molar refractivity (Wildman–Crippen MR) is 129 cm³/mol. The van der Waals surface area contributed by atoms with Gasteiger partial charge in [0.15, 0.2) is 11.5 Å². The maximum Gasteiger partial charge on any atom is 0.333 e. The van der Waals surface area contributed by atoms with Crippen LogP contribution in [0.3, 0.4) is 0 Å². The third-order valence-corrected chi connectivity index (χ3v) is 5.47. The number of aromatic nitrogens is 4. The number of carbonyl (C=O) groups is 3. The lowest BCUT2D eigenvalue weighted by Gasteiger charge is -2.23. The van der Waals surface area contributed by atoms with Crippen molar-refractivity contribution in [2.45, 2.75) is 39.7 Å². The van der Waals surface area contributed by atoms with Crippen LogP contribution in [-0.2, 0) is 16.0 Å². The summed E-state index contributed by atoms with van der Waals surface area (Å²) < 4.78 is 33.7. The van der Waals surface area contributed by atoms with E-state index < -0.39 is 35.4 Å². The number of esters is 1. The first-order valence-electron chi connectivity index (χ1n) is 11.7. The molecule has 0 saturated heterocycles. The number of rotatable bonds is 12. The van der Waals surface area contributed by atoms with Gasteiger partial charge in [-0.1, -0.05) is 31.1 Å². The first-order chi connectivity index (χ1) is 18.1. The summed E-state index contributed by atoms with van der Waals surface area (Å²) in [4.78, 5) is 50.8. The molecule has 0 aliphatic rings. The Balaban J connectivity index is 1.83. The summed E-state index contributed by atoms with van der Waals surface area (Å²) in [5.74, 6) is -3.15.